The summed E-state index contributed by atoms with van der Waals surface area (Å²) in [6, 6.07) is 2.55. The Morgan fingerprint density at radius 3 is 1.83 bits per heavy atom. The van der Waals surface area contributed by atoms with Crippen LogP contribution >= 0.6 is 8.38 Å². The maximum absolute atomic E-state index is 12.6. The predicted molar refractivity (Wildman–Crippen MR) is 211 cm³/mol. The van der Waals surface area contributed by atoms with Crippen molar-refractivity contribution in [1.29, 1.82) is 0 Å². The number of nitrogens with zero attached hydrogens (tertiary/aromatic N) is 5. The number of hydrogen-bond donors (Lipinski definition) is 3. The Kier molecular flexibility index (Phi) is 14.0. The molecule has 0 saturated carbocycles. The molecule has 6 aliphatic rings. The average Bonchev–Trinajstić information content (AvgIpc) is 3.87. The van der Waals surface area contributed by atoms with Gasteiger partial charge in [-0.3, -0.25) is 38.5 Å². The molecule has 8 rings (SSSR count). The van der Waals surface area contributed by atoms with Crippen molar-refractivity contribution in [3.8, 4) is 0 Å². The summed E-state index contributed by atoms with van der Waals surface area (Å²) in [7, 11) is -1.39. The molecule has 0 spiro atoms. The van der Waals surface area contributed by atoms with Crippen molar-refractivity contribution in [2.75, 3.05) is 92.1 Å². The van der Waals surface area contributed by atoms with Gasteiger partial charge >= 0.3 is 11.4 Å². The Morgan fingerprint density at radius 2 is 1.31 bits per heavy atom. The van der Waals surface area contributed by atoms with Gasteiger partial charge in [0.25, 0.3) is 11.1 Å². The zero-order valence-electron chi connectivity index (χ0n) is 33.9. The first kappa shape index (κ1) is 43.9. The number of hydrogen-bond acceptors (Lipinski definition) is 15. The van der Waals surface area contributed by atoms with Crippen LogP contribution in [0.25, 0.3) is 4.85 Å². The van der Waals surface area contributed by atoms with Crippen LogP contribution < -0.4 is 22.5 Å². The smallest absolute Gasteiger partial charge is 0.330 e. The van der Waals surface area contributed by atoms with Crippen molar-refractivity contribution in [3.05, 3.63) is 77.6 Å². The molecule has 0 radical (unpaired) electrons. The highest BCUT2D eigenvalue weighted by Gasteiger charge is 2.65. The monoisotopic (exact) mass is 849 g/mol. The van der Waals surface area contributed by atoms with E-state index in [2.05, 4.69) is 52.3 Å². The number of aliphatic hydroxyl groups is 1. The summed E-state index contributed by atoms with van der Waals surface area (Å²) >= 11 is 0. The molecule has 2 aromatic heterocycles. The van der Waals surface area contributed by atoms with E-state index in [1.165, 1.54) is 33.7 Å². The van der Waals surface area contributed by atoms with Crippen molar-refractivity contribution in [2.24, 2.45) is 11.8 Å². The molecule has 0 aromatic carbocycles. The van der Waals surface area contributed by atoms with Crippen LogP contribution in [0.3, 0.4) is 0 Å². The largest absolute Gasteiger partial charge is 0.387 e. The quantitative estimate of drug-likeness (QED) is 0.127. The number of aliphatic hydroxyl groups excluding tert-OH is 1. The minimum absolute atomic E-state index is 0.139. The Labute approximate surface area is 342 Å². The normalized spacial score (nSPS) is 32.5. The molecule has 4 bridgehead atoms. The lowest BCUT2D eigenvalue weighted by atomic mass is 9.98. The van der Waals surface area contributed by atoms with E-state index in [-0.39, 0.29) is 18.8 Å². The minimum Gasteiger partial charge on any atom is -0.387 e. The lowest BCUT2D eigenvalue weighted by Crippen LogP contribution is -2.53. The van der Waals surface area contributed by atoms with E-state index in [4.69, 9.17) is 44.0 Å². The highest BCUT2D eigenvalue weighted by Crippen LogP contribution is 2.57. The fourth-order valence-electron chi connectivity index (χ4n) is 8.91. The number of aromatic nitrogens is 4. The first-order valence-corrected chi connectivity index (χ1v) is 21.5. The summed E-state index contributed by atoms with van der Waals surface area (Å²) in [4.78, 5) is 59.8. The van der Waals surface area contributed by atoms with Gasteiger partial charge in [-0.05, 0) is 11.8 Å². The lowest BCUT2D eigenvalue weighted by Gasteiger charge is -2.39. The average molecular weight is 850 g/mol. The number of fused-ring (bicyclic) bond motifs is 4. The predicted octanol–water partition coefficient (Wildman–Crippen LogP) is -0.255. The van der Waals surface area contributed by atoms with Crippen LogP contribution in [0.4, 0.5) is 0 Å². The van der Waals surface area contributed by atoms with Crippen molar-refractivity contribution < 1.29 is 42.6 Å². The molecular weight excluding hydrogens is 793 g/mol. The van der Waals surface area contributed by atoms with E-state index in [0.717, 1.165) is 26.2 Å². The third-order valence-corrected chi connectivity index (χ3v) is 14.2. The molecule has 21 heteroatoms. The standard InChI is InChI=1S/C24H37N4O7P.C14H19N3O6/c1-16(2)20(17(3)4)36(33-11-7-25-5)35-21-19-22(28-8-6-18(29)26-23(28)30)34-24(21,15-32-19)14-27-9-12-31-13-10-27;18-9-1-2-17(13(20)15-9)12-10-11(19)14(23-12,8-22-10)7-16-3-5-21-6-4-16/h6,8,16-17,19-22H,7,9-15H2,1-4H3,(H,26,29,30);1-2,10-12,19H,3-8H2,(H,15,18,20)/t19-,21?,22+,24-,36?;10-,11?,12+,14-/m00/s1. The van der Waals surface area contributed by atoms with Gasteiger partial charge < -0.3 is 47.4 Å². The van der Waals surface area contributed by atoms with Gasteiger partial charge in [0.1, 0.15) is 42.2 Å². The molecule has 59 heavy (non-hydrogen) atoms. The molecule has 0 amide bonds. The van der Waals surface area contributed by atoms with Gasteiger partial charge in [0.05, 0.1) is 39.6 Å². The summed E-state index contributed by atoms with van der Waals surface area (Å²) < 4.78 is 51.1. The Bertz CT molecular complexity index is 2000. The molecule has 20 nitrogen and oxygen atoms in total. The topological polar surface area (TPSA) is 215 Å². The fourth-order valence-corrected chi connectivity index (χ4v) is 11.1. The Balaban J connectivity index is 0.000000196. The Morgan fingerprint density at radius 1 is 0.814 bits per heavy atom. The summed E-state index contributed by atoms with van der Waals surface area (Å²) in [5.74, 6) is 0.607. The number of aromatic amines is 2. The molecule has 9 atom stereocenters. The highest BCUT2D eigenvalue weighted by atomic mass is 31.2. The second kappa shape index (κ2) is 18.8. The van der Waals surface area contributed by atoms with Gasteiger partial charge in [0.15, 0.2) is 20.8 Å². The third-order valence-electron chi connectivity index (χ3n) is 11.7. The van der Waals surface area contributed by atoms with Crippen LogP contribution in [0.1, 0.15) is 40.2 Å². The SMILES string of the molecule is O=c1ccn([C@@H]2O[C@@]3(CN4CCOCC4)CO[C@H]2C3O)c(=O)[nH]1.[C-]#[N+]CCOP(OC1[C@@H]2OC[C@]1(CN1CCOCC1)O[C@H]2n1ccc(=O)[nH]c1=O)C(C(C)C)C(C)C. The molecule has 0 aliphatic carbocycles. The van der Waals surface area contributed by atoms with Crippen molar-refractivity contribution in [1.82, 2.24) is 28.9 Å². The van der Waals surface area contributed by atoms with Gasteiger partial charge in [0, 0.05) is 69.5 Å². The van der Waals surface area contributed by atoms with E-state index in [1.807, 2.05) is 0 Å². The second-order valence-corrected chi connectivity index (χ2v) is 18.1. The van der Waals surface area contributed by atoms with Gasteiger partial charge in [-0.25, -0.2) is 16.2 Å². The van der Waals surface area contributed by atoms with E-state index in [9.17, 15) is 24.3 Å². The molecular formula is C38H56N7O13P. The second-order valence-electron chi connectivity index (χ2n) is 16.5. The number of H-pyrrole nitrogens is 2. The zero-order chi connectivity index (χ0) is 41.9. The van der Waals surface area contributed by atoms with Crippen LogP contribution in [0.5, 0.6) is 0 Å². The highest BCUT2D eigenvalue weighted by molar-refractivity contribution is 7.48. The molecule has 6 fully saturated rings. The van der Waals surface area contributed by atoms with Gasteiger partial charge in [-0.2, -0.15) is 0 Å². The van der Waals surface area contributed by atoms with Crippen LogP contribution in [0.15, 0.2) is 43.7 Å². The maximum atomic E-state index is 12.6. The van der Waals surface area contributed by atoms with E-state index >= 15 is 0 Å². The Hall–Kier alpha value is -3.16. The zero-order valence-corrected chi connectivity index (χ0v) is 34.8. The maximum Gasteiger partial charge on any atom is 0.330 e. The first-order valence-electron chi connectivity index (χ1n) is 20.3. The van der Waals surface area contributed by atoms with Crippen LogP contribution in [0, 0.1) is 18.4 Å². The summed E-state index contributed by atoms with van der Waals surface area (Å²) in [5.41, 5.74) is -3.61. The van der Waals surface area contributed by atoms with E-state index < -0.39 is 78.9 Å². The summed E-state index contributed by atoms with van der Waals surface area (Å²) in [5, 5.41) is 10.6. The molecule has 6 aliphatic heterocycles. The van der Waals surface area contributed by atoms with Gasteiger partial charge in [-0.15, -0.1) is 0 Å². The summed E-state index contributed by atoms with van der Waals surface area (Å²) in [6.07, 6.45) is -1.17. The number of morpholine rings is 2. The van der Waals surface area contributed by atoms with E-state index in [1.54, 1.807) is 0 Å². The third kappa shape index (κ3) is 9.37. The molecule has 6 saturated heterocycles. The van der Waals surface area contributed by atoms with Gasteiger partial charge in [0.2, 0.25) is 6.54 Å². The first-order chi connectivity index (χ1) is 28.3. The summed E-state index contributed by atoms with van der Waals surface area (Å²) in [6.45, 7) is 23.7. The minimum atomic E-state index is -1.39. The number of rotatable bonds is 14. The van der Waals surface area contributed by atoms with Crippen molar-refractivity contribution in [2.45, 2.75) is 81.4 Å². The molecule has 2 aromatic rings. The van der Waals surface area contributed by atoms with E-state index in [0.29, 0.717) is 64.6 Å². The number of ether oxygens (including phenoxy) is 6. The molecule has 3 N–H and O–H groups in total. The van der Waals surface area contributed by atoms with Crippen molar-refractivity contribution >= 4 is 8.38 Å². The molecule has 326 valence electrons. The molecule has 8 heterocycles. The van der Waals surface area contributed by atoms with Crippen molar-refractivity contribution in [3.63, 3.8) is 0 Å². The fraction of sp³-hybridized carbons (Fsp3) is 0.763. The van der Waals surface area contributed by atoms with Crippen LogP contribution in [-0.4, -0.2) is 167 Å². The van der Waals surface area contributed by atoms with Crippen LogP contribution in [-0.2, 0) is 37.5 Å². The lowest BCUT2D eigenvalue weighted by molar-refractivity contribution is -0.184. The molecule has 3 unspecified atom stereocenters. The number of nitrogens with one attached hydrogen (secondary N) is 2. The van der Waals surface area contributed by atoms with Crippen LogP contribution in [0.2, 0.25) is 0 Å². The van der Waals surface area contributed by atoms with Gasteiger partial charge in [-0.1, -0.05) is 27.7 Å².